The lowest BCUT2D eigenvalue weighted by molar-refractivity contribution is 0.429. The zero-order chi connectivity index (χ0) is 24.1. The number of allylic oxidation sites excluding steroid dienone is 6. The predicted molar refractivity (Wildman–Crippen MR) is 150 cm³/mol. The topological polar surface area (TPSA) is 27.4 Å². The summed E-state index contributed by atoms with van der Waals surface area (Å²) in [4.78, 5) is 7.80. The molecule has 3 aromatic carbocycles. The summed E-state index contributed by atoms with van der Waals surface area (Å²) in [6, 6.07) is 28.4. The molecule has 7 rings (SSSR count). The van der Waals surface area contributed by atoms with Crippen LogP contribution in [0.2, 0.25) is 0 Å². The van der Waals surface area contributed by atoms with Gasteiger partial charge in [-0.05, 0) is 46.7 Å². The summed E-state index contributed by atoms with van der Waals surface area (Å²) >= 11 is 0. The molecule has 1 saturated heterocycles. The highest BCUT2D eigenvalue weighted by molar-refractivity contribution is 6.14. The number of nitrogens with zero attached hydrogens (tertiary/aromatic N) is 2. The average Bonchev–Trinajstić information content (AvgIpc) is 3.51. The summed E-state index contributed by atoms with van der Waals surface area (Å²) in [6.07, 6.45) is 16.7. The molecule has 1 spiro atoms. The van der Waals surface area contributed by atoms with Crippen LogP contribution >= 0.6 is 0 Å². The summed E-state index contributed by atoms with van der Waals surface area (Å²) in [5.74, 6) is 0.573. The van der Waals surface area contributed by atoms with E-state index in [1.165, 1.54) is 27.8 Å². The first-order valence-corrected chi connectivity index (χ1v) is 12.9. The van der Waals surface area contributed by atoms with Gasteiger partial charge in [0.15, 0.2) is 6.29 Å². The smallest absolute Gasteiger partial charge is 0.178 e. The van der Waals surface area contributed by atoms with Crippen LogP contribution in [-0.2, 0) is 0 Å². The van der Waals surface area contributed by atoms with E-state index in [2.05, 4.69) is 139 Å². The molecule has 4 aliphatic rings. The van der Waals surface area contributed by atoms with Crippen LogP contribution in [0.5, 0.6) is 0 Å². The molecule has 0 radical (unpaired) electrons. The van der Waals surface area contributed by atoms with Crippen molar-refractivity contribution in [3.8, 4) is 11.1 Å². The molecular formula is C33H29N3. The summed E-state index contributed by atoms with van der Waals surface area (Å²) in [7, 11) is 0. The van der Waals surface area contributed by atoms with Crippen LogP contribution in [0.15, 0.2) is 126 Å². The number of para-hydroxylation sites is 1. The number of fused-ring (bicyclic) bond motifs is 1. The Kier molecular flexibility index (Phi) is 4.93. The molecule has 2 aliphatic heterocycles. The lowest BCUT2D eigenvalue weighted by Crippen LogP contribution is -2.27. The zero-order valence-electron chi connectivity index (χ0n) is 20.4. The van der Waals surface area contributed by atoms with Crippen molar-refractivity contribution in [3.63, 3.8) is 0 Å². The van der Waals surface area contributed by atoms with Crippen molar-refractivity contribution in [2.45, 2.75) is 31.2 Å². The minimum absolute atomic E-state index is 0.122. The van der Waals surface area contributed by atoms with Crippen LogP contribution in [0.1, 0.15) is 24.5 Å². The third-order valence-corrected chi connectivity index (χ3v) is 7.84. The van der Waals surface area contributed by atoms with Gasteiger partial charge in [-0.3, -0.25) is 0 Å². The van der Waals surface area contributed by atoms with E-state index in [0.29, 0.717) is 12.0 Å². The number of hydrogen-bond acceptors (Lipinski definition) is 3. The van der Waals surface area contributed by atoms with Gasteiger partial charge in [-0.15, -0.1) is 0 Å². The van der Waals surface area contributed by atoms with Gasteiger partial charge in [0.1, 0.15) is 5.54 Å². The first kappa shape index (κ1) is 21.3. The largest absolute Gasteiger partial charge is 0.351 e. The minimum Gasteiger partial charge on any atom is -0.351 e. The summed E-state index contributed by atoms with van der Waals surface area (Å²) in [6.45, 7) is 2.28. The van der Waals surface area contributed by atoms with E-state index in [-0.39, 0.29) is 11.8 Å². The van der Waals surface area contributed by atoms with Gasteiger partial charge in [0.05, 0.1) is 11.8 Å². The van der Waals surface area contributed by atoms with Gasteiger partial charge in [-0.1, -0.05) is 116 Å². The molecule has 0 aromatic heterocycles. The third kappa shape index (κ3) is 3.35. The third-order valence-electron chi connectivity index (χ3n) is 7.84. The monoisotopic (exact) mass is 467 g/mol. The Morgan fingerprint density at radius 2 is 1.64 bits per heavy atom. The molecular weight excluding hydrogens is 438 g/mol. The Morgan fingerprint density at radius 3 is 2.53 bits per heavy atom. The van der Waals surface area contributed by atoms with E-state index in [1.807, 2.05) is 0 Å². The fraction of sp³-hybridized carbons (Fsp3) is 0.182. The van der Waals surface area contributed by atoms with E-state index in [9.17, 15) is 0 Å². The summed E-state index contributed by atoms with van der Waals surface area (Å²) < 4.78 is 0. The molecule has 5 atom stereocenters. The highest BCUT2D eigenvalue weighted by Crippen LogP contribution is 2.54. The zero-order valence-corrected chi connectivity index (χ0v) is 20.4. The van der Waals surface area contributed by atoms with Gasteiger partial charge >= 0.3 is 0 Å². The number of rotatable bonds is 5. The van der Waals surface area contributed by atoms with Crippen LogP contribution in [0.25, 0.3) is 16.7 Å². The second-order valence-corrected chi connectivity index (χ2v) is 10.2. The van der Waals surface area contributed by atoms with Gasteiger partial charge < -0.3 is 5.32 Å². The molecule has 0 saturated carbocycles. The molecule has 176 valence electrons. The standard InChI is InChI=1S/C33H29N3/c1-23-11-9-14-25(21-23)26-15-10-16-27(22-26)31-33-20-8-7-19-30(33)36(33)32(35-31)34-29-18-6-5-17-28(29)24-12-3-2-4-13-24/h2-20,22-23,30,32,34H,21H2,1H3. The number of anilines is 1. The summed E-state index contributed by atoms with van der Waals surface area (Å²) in [5, 5.41) is 3.78. The highest BCUT2D eigenvalue weighted by Gasteiger charge is 2.70. The van der Waals surface area contributed by atoms with Gasteiger partial charge in [0.25, 0.3) is 0 Å². The second kappa shape index (κ2) is 8.32. The van der Waals surface area contributed by atoms with Crippen molar-refractivity contribution in [2.24, 2.45) is 10.9 Å². The van der Waals surface area contributed by atoms with Gasteiger partial charge in [-0.2, -0.15) is 0 Å². The fourth-order valence-electron chi connectivity index (χ4n) is 6.08. The van der Waals surface area contributed by atoms with Crippen molar-refractivity contribution in [2.75, 3.05) is 5.32 Å². The van der Waals surface area contributed by atoms with E-state index in [1.54, 1.807) is 0 Å². The Labute approximate surface area is 212 Å². The molecule has 1 N–H and O–H groups in total. The van der Waals surface area contributed by atoms with Crippen LogP contribution in [0.3, 0.4) is 0 Å². The molecule has 2 heterocycles. The Hall–Kier alpha value is -3.95. The van der Waals surface area contributed by atoms with Crippen molar-refractivity contribution >= 4 is 17.0 Å². The van der Waals surface area contributed by atoms with Crippen molar-refractivity contribution < 1.29 is 0 Å². The normalized spacial score (nSPS) is 29.2. The second-order valence-electron chi connectivity index (χ2n) is 10.2. The Morgan fingerprint density at radius 1 is 0.833 bits per heavy atom. The van der Waals surface area contributed by atoms with E-state index in [0.717, 1.165) is 17.8 Å². The molecule has 0 amide bonds. The molecule has 3 heteroatoms. The van der Waals surface area contributed by atoms with Crippen LogP contribution in [0.4, 0.5) is 5.69 Å². The summed E-state index contributed by atoms with van der Waals surface area (Å²) in [5.41, 5.74) is 8.41. The molecule has 36 heavy (non-hydrogen) atoms. The first-order chi connectivity index (χ1) is 17.7. The maximum absolute atomic E-state index is 5.31. The first-order valence-electron chi connectivity index (χ1n) is 12.9. The molecule has 3 aromatic rings. The van der Waals surface area contributed by atoms with Crippen molar-refractivity contribution in [1.82, 2.24) is 4.90 Å². The van der Waals surface area contributed by atoms with Crippen molar-refractivity contribution in [3.05, 3.63) is 133 Å². The Bertz CT molecular complexity index is 1480. The quantitative estimate of drug-likeness (QED) is 0.406. The average molecular weight is 468 g/mol. The number of hydrogen-bond donors (Lipinski definition) is 1. The fourth-order valence-corrected chi connectivity index (χ4v) is 6.08. The molecule has 2 aliphatic carbocycles. The minimum atomic E-state index is -0.166. The van der Waals surface area contributed by atoms with E-state index < -0.39 is 0 Å². The lowest BCUT2D eigenvalue weighted by Gasteiger charge is -2.19. The maximum atomic E-state index is 5.31. The van der Waals surface area contributed by atoms with E-state index >= 15 is 0 Å². The number of benzene rings is 3. The molecule has 0 bridgehead atoms. The molecule has 5 unspecified atom stereocenters. The maximum Gasteiger partial charge on any atom is 0.178 e. The lowest BCUT2D eigenvalue weighted by atomic mass is 9.87. The van der Waals surface area contributed by atoms with Crippen LogP contribution in [0, 0.1) is 5.92 Å². The van der Waals surface area contributed by atoms with Crippen LogP contribution < -0.4 is 5.32 Å². The molecule has 3 nitrogen and oxygen atoms in total. The van der Waals surface area contributed by atoms with Gasteiger partial charge in [-0.25, -0.2) is 9.89 Å². The number of aliphatic imine (C=N–C) groups is 1. The highest BCUT2D eigenvalue weighted by atomic mass is 15.6. The van der Waals surface area contributed by atoms with Gasteiger partial charge in [0, 0.05) is 11.3 Å². The predicted octanol–water partition coefficient (Wildman–Crippen LogP) is 7.08. The van der Waals surface area contributed by atoms with Crippen molar-refractivity contribution in [1.29, 1.82) is 0 Å². The van der Waals surface area contributed by atoms with Crippen LogP contribution in [-0.4, -0.2) is 28.5 Å². The van der Waals surface area contributed by atoms with E-state index in [4.69, 9.17) is 4.99 Å². The SMILES string of the molecule is CC1C=CC=C(c2cccc(C3=NC(Nc4ccccc4-c4ccccc4)N4C5C=CC=CC354)c2)C1. The Balaban J connectivity index is 1.26. The van der Waals surface area contributed by atoms with Gasteiger partial charge in [0.2, 0.25) is 0 Å². The number of nitrogens with one attached hydrogen (secondary N) is 1. The molecule has 1 fully saturated rings.